The molecule has 21 heavy (non-hydrogen) atoms. The average Bonchev–Trinajstić information content (AvgIpc) is 2.50. The first-order valence-electron chi connectivity index (χ1n) is 7.01. The molecule has 0 spiro atoms. The number of carbonyl (C=O) groups is 1. The van der Waals surface area contributed by atoms with Crippen LogP contribution in [0.25, 0.3) is 0 Å². The molecule has 2 atom stereocenters. The summed E-state index contributed by atoms with van der Waals surface area (Å²) in [6, 6.07) is 8.74. The molecule has 114 valence electrons. The van der Waals surface area contributed by atoms with Gasteiger partial charge in [0.05, 0.1) is 11.2 Å². The van der Waals surface area contributed by atoms with Crippen LogP contribution in [0.4, 0.5) is 0 Å². The smallest absolute Gasteiger partial charge is 0.258 e. The van der Waals surface area contributed by atoms with Crippen molar-refractivity contribution in [2.45, 2.75) is 32.8 Å². The number of para-hydroxylation sites is 1. The van der Waals surface area contributed by atoms with E-state index in [9.17, 15) is 9.90 Å². The third-order valence-corrected chi connectivity index (χ3v) is 3.68. The molecule has 0 heterocycles. The molecule has 1 amide bonds. The SMILES string of the molecule is CCC(C)C(C)(O)CNC(=O)COc1ccccc1C#N. The van der Waals surface area contributed by atoms with Crippen LogP contribution >= 0.6 is 0 Å². The van der Waals surface area contributed by atoms with Gasteiger partial charge in [0.15, 0.2) is 6.61 Å². The standard InChI is InChI=1S/C16H22N2O3/c1-4-12(2)16(3,20)11-18-15(19)10-21-14-8-6-5-7-13(14)9-17/h5-8,12,20H,4,10-11H2,1-3H3,(H,18,19). The van der Waals surface area contributed by atoms with Crippen molar-refractivity contribution >= 4 is 5.91 Å². The highest BCUT2D eigenvalue weighted by Gasteiger charge is 2.27. The minimum atomic E-state index is -0.949. The van der Waals surface area contributed by atoms with E-state index < -0.39 is 5.60 Å². The van der Waals surface area contributed by atoms with Gasteiger partial charge in [-0.1, -0.05) is 32.4 Å². The van der Waals surface area contributed by atoms with E-state index in [1.165, 1.54) is 0 Å². The molecule has 0 aromatic heterocycles. The van der Waals surface area contributed by atoms with Crippen molar-refractivity contribution in [1.29, 1.82) is 5.26 Å². The van der Waals surface area contributed by atoms with Gasteiger partial charge >= 0.3 is 0 Å². The van der Waals surface area contributed by atoms with Gasteiger partial charge in [0.1, 0.15) is 11.8 Å². The van der Waals surface area contributed by atoms with Gasteiger partial charge < -0.3 is 15.2 Å². The Balaban J connectivity index is 2.47. The first kappa shape index (κ1) is 17.0. The quantitative estimate of drug-likeness (QED) is 0.803. The summed E-state index contributed by atoms with van der Waals surface area (Å²) in [6.07, 6.45) is 0.828. The number of hydrogen-bond acceptors (Lipinski definition) is 4. The Labute approximate surface area is 125 Å². The Kier molecular flexibility index (Phi) is 6.19. The first-order chi connectivity index (χ1) is 9.90. The zero-order valence-electron chi connectivity index (χ0n) is 12.7. The summed E-state index contributed by atoms with van der Waals surface area (Å²) in [6.45, 7) is 5.61. The lowest BCUT2D eigenvalue weighted by Gasteiger charge is -2.29. The molecule has 0 saturated heterocycles. The third kappa shape index (κ3) is 5.09. The summed E-state index contributed by atoms with van der Waals surface area (Å²) in [5.74, 6) is 0.133. The summed E-state index contributed by atoms with van der Waals surface area (Å²) < 4.78 is 5.33. The topological polar surface area (TPSA) is 82.3 Å². The predicted molar refractivity (Wildman–Crippen MR) is 79.7 cm³/mol. The molecule has 0 aliphatic rings. The van der Waals surface area contributed by atoms with Crippen molar-refractivity contribution in [2.75, 3.05) is 13.2 Å². The van der Waals surface area contributed by atoms with Crippen LogP contribution in [0, 0.1) is 17.2 Å². The number of nitrogens with zero attached hydrogens (tertiary/aromatic N) is 1. The molecular weight excluding hydrogens is 268 g/mol. The maximum Gasteiger partial charge on any atom is 0.258 e. The number of aliphatic hydroxyl groups is 1. The molecule has 0 radical (unpaired) electrons. The maximum absolute atomic E-state index is 11.7. The number of nitrogens with one attached hydrogen (secondary N) is 1. The summed E-state index contributed by atoms with van der Waals surface area (Å²) >= 11 is 0. The summed E-state index contributed by atoms with van der Waals surface area (Å²) in [5.41, 5.74) is -0.563. The first-order valence-corrected chi connectivity index (χ1v) is 7.01. The Morgan fingerprint density at radius 2 is 2.19 bits per heavy atom. The van der Waals surface area contributed by atoms with E-state index in [1.807, 2.05) is 19.9 Å². The molecule has 1 rings (SSSR count). The lowest BCUT2D eigenvalue weighted by atomic mass is 9.89. The Morgan fingerprint density at radius 3 is 2.81 bits per heavy atom. The maximum atomic E-state index is 11.7. The Morgan fingerprint density at radius 1 is 1.52 bits per heavy atom. The molecule has 0 bridgehead atoms. The van der Waals surface area contributed by atoms with E-state index >= 15 is 0 Å². The van der Waals surface area contributed by atoms with Crippen LogP contribution in [0.15, 0.2) is 24.3 Å². The van der Waals surface area contributed by atoms with Crippen molar-refractivity contribution < 1.29 is 14.6 Å². The second-order valence-corrected chi connectivity index (χ2v) is 5.34. The van der Waals surface area contributed by atoms with Crippen LogP contribution in [-0.2, 0) is 4.79 Å². The van der Waals surface area contributed by atoms with Crippen LogP contribution in [0.3, 0.4) is 0 Å². The van der Waals surface area contributed by atoms with Crippen molar-refractivity contribution in [2.24, 2.45) is 5.92 Å². The normalized spacial score (nSPS) is 14.6. The van der Waals surface area contributed by atoms with Gasteiger partial charge in [-0.15, -0.1) is 0 Å². The summed E-state index contributed by atoms with van der Waals surface area (Å²) in [7, 11) is 0. The van der Waals surface area contributed by atoms with Gasteiger partial charge in [0.25, 0.3) is 5.91 Å². The summed E-state index contributed by atoms with van der Waals surface area (Å²) in [4.78, 5) is 11.7. The molecule has 0 saturated carbocycles. The van der Waals surface area contributed by atoms with E-state index in [-0.39, 0.29) is 25.0 Å². The van der Waals surface area contributed by atoms with Gasteiger partial charge in [-0.3, -0.25) is 4.79 Å². The molecule has 2 N–H and O–H groups in total. The van der Waals surface area contributed by atoms with Crippen LogP contribution in [-0.4, -0.2) is 29.8 Å². The molecule has 5 nitrogen and oxygen atoms in total. The lowest BCUT2D eigenvalue weighted by Crippen LogP contribution is -2.46. The van der Waals surface area contributed by atoms with Gasteiger partial charge in [0, 0.05) is 6.54 Å². The number of rotatable bonds is 7. The van der Waals surface area contributed by atoms with Gasteiger partial charge in [-0.25, -0.2) is 0 Å². The largest absolute Gasteiger partial charge is 0.482 e. The molecule has 1 aromatic rings. The van der Waals surface area contributed by atoms with E-state index in [0.717, 1.165) is 6.42 Å². The number of ether oxygens (including phenoxy) is 1. The molecule has 0 aliphatic carbocycles. The molecule has 0 fully saturated rings. The molecule has 5 heteroatoms. The lowest BCUT2D eigenvalue weighted by molar-refractivity contribution is -0.124. The monoisotopic (exact) mass is 290 g/mol. The fraction of sp³-hybridized carbons (Fsp3) is 0.500. The highest BCUT2D eigenvalue weighted by atomic mass is 16.5. The highest BCUT2D eigenvalue weighted by Crippen LogP contribution is 2.19. The van der Waals surface area contributed by atoms with Crippen LogP contribution in [0.2, 0.25) is 0 Å². The number of carbonyl (C=O) groups excluding carboxylic acids is 1. The zero-order valence-corrected chi connectivity index (χ0v) is 12.7. The minimum absolute atomic E-state index is 0.0815. The average molecular weight is 290 g/mol. The number of hydrogen-bond donors (Lipinski definition) is 2. The van der Waals surface area contributed by atoms with Gasteiger partial charge in [-0.2, -0.15) is 5.26 Å². The van der Waals surface area contributed by atoms with Crippen LogP contribution < -0.4 is 10.1 Å². The second kappa shape index (κ2) is 7.65. The van der Waals surface area contributed by atoms with E-state index in [1.54, 1.807) is 31.2 Å². The van der Waals surface area contributed by atoms with Crippen molar-refractivity contribution in [1.82, 2.24) is 5.32 Å². The molecular formula is C16H22N2O3. The predicted octanol–water partition coefficient (Wildman–Crippen LogP) is 1.85. The zero-order chi connectivity index (χ0) is 15.9. The van der Waals surface area contributed by atoms with E-state index in [4.69, 9.17) is 10.00 Å². The van der Waals surface area contributed by atoms with Crippen LogP contribution in [0.1, 0.15) is 32.8 Å². The van der Waals surface area contributed by atoms with Crippen LogP contribution in [0.5, 0.6) is 5.75 Å². The number of nitriles is 1. The third-order valence-electron chi connectivity index (χ3n) is 3.68. The van der Waals surface area contributed by atoms with Gasteiger partial charge in [0.2, 0.25) is 0 Å². The highest BCUT2D eigenvalue weighted by molar-refractivity contribution is 5.77. The minimum Gasteiger partial charge on any atom is -0.482 e. The molecule has 1 aromatic carbocycles. The Hall–Kier alpha value is -2.06. The molecule has 0 aliphatic heterocycles. The Bertz CT molecular complexity index is 520. The number of benzene rings is 1. The van der Waals surface area contributed by atoms with E-state index in [2.05, 4.69) is 5.32 Å². The van der Waals surface area contributed by atoms with Crippen molar-refractivity contribution in [3.8, 4) is 11.8 Å². The fourth-order valence-corrected chi connectivity index (χ4v) is 1.77. The summed E-state index contributed by atoms with van der Waals surface area (Å²) in [5, 5.41) is 21.8. The van der Waals surface area contributed by atoms with E-state index in [0.29, 0.717) is 11.3 Å². The molecule has 2 unspecified atom stereocenters. The fourth-order valence-electron chi connectivity index (χ4n) is 1.77. The van der Waals surface area contributed by atoms with Crippen molar-refractivity contribution in [3.63, 3.8) is 0 Å². The van der Waals surface area contributed by atoms with Gasteiger partial charge in [-0.05, 0) is 25.0 Å². The number of amides is 1. The second-order valence-electron chi connectivity index (χ2n) is 5.34. The van der Waals surface area contributed by atoms with Crippen molar-refractivity contribution in [3.05, 3.63) is 29.8 Å².